The van der Waals surface area contributed by atoms with Gasteiger partial charge in [0.25, 0.3) is 0 Å². The van der Waals surface area contributed by atoms with Crippen LogP contribution in [-0.4, -0.2) is 19.7 Å². The maximum atomic E-state index is 11.6. The van der Waals surface area contributed by atoms with Gasteiger partial charge in [0.1, 0.15) is 12.6 Å². The summed E-state index contributed by atoms with van der Waals surface area (Å²) in [7, 11) is 1.31. The van der Waals surface area contributed by atoms with Crippen LogP contribution in [-0.2, 0) is 16.1 Å². The van der Waals surface area contributed by atoms with E-state index in [1.54, 1.807) is 18.2 Å². The maximum Gasteiger partial charge on any atom is 0.327 e. The van der Waals surface area contributed by atoms with Crippen molar-refractivity contribution in [2.24, 2.45) is 5.73 Å². The third kappa shape index (κ3) is 4.47. The van der Waals surface area contributed by atoms with Crippen molar-refractivity contribution in [1.29, 1.82) is 0 Å². The molecule has 0 unspecified atom stereocenters. The predicted molar refractivity (Wildman–Crippen MR) is 87.3 cm³/mol. The normalized spacial score (nSPS) is 11.6. The molecule has 0 aliphatic heterocycles. The van der Waals surface area contributed by atoms with Crippen LogP contribution in [0, 0.1) is 0 Å². The number of benzene rings is 2. The van der Waals surface area contributed by atoms with E-state index in [0.717, 1.165) is 5.56 Å². The highest BCUT2D eigenvalue weighted by Gasteiger charge is 2.18. The smallest absolute Gasteiger partial charge is 0.327 e. The molecule has 0 saturated carbocycles. The molecule has 0 spiro atoms. The molecule has 1 atom stereocenters. The summed E-state index contributed by atoms with van der Waals surface area (Å²) in [5, 5.41) is 0. The average Bonchev–Trinajstić information content (AvgIpc) is 2.60. The number of carbonyl (C=O) groups is 1. The molecule has 0 fully saturated rings. The number of esters is 1. The molecule has 5 nitrogen and oxygen atoms in total. The molecule has 2 aromatic rings. The molecular formula is C18H21NO4. The number of rotatable bonds is 7. The average molecular weight is 315 g/mol. The minimum absolute atomic E-state index is 0.434. The minimum atomic E-state index is -0.845. The molecule has 0 amide bonds. The first-order chi connectivity index (χ1) is 11.2. The van der Waals surface area contributed by atoms with Crippen LogP contribution in [0.5, 0.6) is 11.5 Å². The van der Waals surface area contributed by atoms with Gasteiger partial charge in [0.05, 0.1) is 13.7 Å². The van der Waals surface area contributed by atoms with Gasteiger partial charge in [-0.15, -0.1) is 0 Å². The Morgan fingerprint density at radius 1 is 1.09 bits per heavy atom. The van der Waals surface area contributed by atoms with E-state index in [1.807, 2.05) is 37.3 Å². The van der Waals surface area contributed by atoms with Crippen molar-refractivity contribution in [2.45, 2.75) is 19.6 Å². The van der Waals surface area contributed by atoms with Gasteiger partial charge >= 0.3 is 5.97 Å². The summed E-state index contributed by atoms with van der Waals surface area (Å²) in [6.07, 6.45) is 0. The minimum Gasteiger partial charge on any atom is -0.490 e. The van der Waals surface area contributed by atoms with Crippen LogP contribution in [0.1, 0.15) is 24.1 Å². The molecule has 2 aromatic carbocycles. The van der Waals surface area contributed by atoms with Crippen molar-refractivity contribution < 1.29 is 19.0 Å². The van der Waals surface area contributed by atoms with Gasteiger partial charge in [-0.3, -0.25) is 4.79 Å². The molecule has 0 heterocycles. The summed E-state index contributed by atoms with van der Waals surface area (Å²) in [4.78, 5) is 11.6. The molecule has 0 aliphatic carbocycles. The standard InChI is InChI=1S/C18H21NO4/c1-3-22-16-11-14(17(19)18(20)21-2)9-10-15(16)23-12-13-7-5-4-6-8-13/h4-11,17H,3,12,19H2,1-2H3/t17-/m0/s1. The Kier molecular flexibility index (Phi) is 6.00. The number of hydrogen-bond acceptors (Lipinski definition) is 5. The van der Waals surface area contributed by atoms with E-state index in [1.165, 1.54) is 7.11 Å². The van der Waals surface area contributed by atoms with Crippen molar-refractivity contribution in [2.75, 3.05) is 13.7 Å². The molecule has 0 bridgehead atoms. The lowest BCUT2D eigenvalue weighted by molar-refractivity contribution is -0.142. The zero-order chi connectivity index (χ0) is 16.7. The Morgan fingerprint density at radius 3 is 2.48 bits per heavy atom. The van der Waals surface area contributed by atoms with Crippen LogP contribution in [0.15, 0.2) is 48.5 Å². The van der Waals surface area contributed by atoms with Crippen LogP contribution in [0.4, 0.5) is 0 Å². The van der Waals surface area contributed by atoms with E-state index in [0.29, 0.717) is 30.3 Å². The monoisotopic (exact) mass is 315 g/mol. The van der Waals surface area contributed by atoms with Crippen molar-refractivity contribution >= 4 is 5.97 Å². The molecule has 122 valence electrons. The SMILES string of the molecule is CCOc1cc([C@H](N)C(=O)OC)ccc1OCc1ccccc1. The van der Waals surface area contributed by atoms with Crippen LogP contribution < -0.4 is 15.2 Å². The lowest BCUT2D eigenvalue weighted by atomic mass is 10.1. The van der Waals surface area contributed by atoms with Crippen molar-refractivity contribution in [3.8, 4) is 11.5 Å². The molecule has 0 saturated heterocycles. The first kappa shape index (κ1) is 16.8. The molecule has 0 aliphatic rings. The van der Waals surface area contributed by atoms with Gasteiger partial charge in [-0.05, 0) is 30.2 Å². The van der Waals surface area contributed by atoms with Gasteiger partial charge in [-0.1, -0.05) is 36.4 Å². The Balaban J connectivity index is 2.17. The second-order valence-electron chi connectivity index (χ2n) is 4.91. The first-order valence-corrected chi connectivity index (χ1v) is 7.42. The largest absolute Gasteiger partial charge is 0.490 e. The molecule has 0 radical (unpaired) electrons. The van der Waals surface area contributed by atoms with Gasteiger partial charge in [0.15, 0.2) is 11.5 Å². The number of ether oxygens (including phenoxy) is 3. The van der Waals surface area contributed by atoms with Crippen molar-refractivity contribution in [3.05, 3.63) is 59.7 Å². The van der Waals surface area contributed by atoms with E-state index in [-0.39, 0.29) is 0 Å². The van der Waals surface area contributed by atoms with Gasteiger partial charge < -0.3 is 19.9 Å². The van der Waals surface area contributed by atoms with Gasteiger partial charge in [-0.25, -0.2) is 0 Å². The van der Waals surface area contributed by atoms with E-state index in [9.17, 15) is 4.79 Å². The van der Waals surface area contributed by atoms with Gasteiger partial charge in [-0.2, -0.15) is 0 Å². The Hall–Kier alpha value is -2.53. The third-order valence-electron chi connectivity index (χ3n) is 3.32. The number of methoxy groups -OCH3 is 1. The highest BCUT2D eigenvalue weighted by Crippen LogP contribution is 2.31. The first-order valence-electron chi connectivity index (χ1n) is 7.42. The van der Waals surface area contributed by atoms with E-state index in [2.05, 4.69) is 4.74 Å². The Morgan fingerprint density at radius 2 is 1.83 bits per heavy atom. The number of hydrogen-bond donors (Lipinski definition) is 1. The lowest BCUT2D eigenvalue weighted by Gasteiger charge is -2.15. The molecular weight excluding hydrogens is 294 g/mol. The summed E-state index contributed by atoms with van der Waals surface area (Å²) in [6.45, 7) is 2.80. The number of nitrogens with two attached hydrogens (primary N) is 1. The van der Waals surface area contributed by atoms with E-state index < -0.39 is 12.0 Å². The Bertz CT molecular complexity index is 643. The van der Waals surface area contributed by atoms with Gasteiger partial charge in [0.2, 0.25) is 0 Å². The summed E-state index contributed by atoms with van der Waals surface area (Å²) in [5.74, 6) is 0.669. The predicted octanol–water partition coefficient (Wildman–Crippen LogP) is 2.84. The van der Waals surface area contributed by atoms with Crippen LogP contribution in [0.25, 0.3) is 0 Å². The van der Waals surface area contributed by atoms with Crippen LogP contribution in [0.3, 0.4) is 0 Å². The summed E-state index contributed by atoms with van der Waals surface area (Å²) >= 11 is 0. The lowest BCUT2D eigenvalue weighted by Crippen LogP contribution is -2.22. The summed E-state index contributed by atoms with van der Waals surface area (Å²) in [6, 6.07) is 14.2. The molecule has 5 heteroatoms. The van der Waals surface area contributed by atoms with E-state index in [4.69, 9.17) is 15.2 Å². The highest BCUT2D eigenvalue weighted by atomic mass is 16.5. The maximum absolute atomic E-state index is 11.6. The fourth-order valence-electron chi connectivity index (χ4n) is 2.10. The van der Waals surface area contributed by atoms with Crippen LogP contribution >= 0.6 is 0 Å². The van der Waals surface area contributed by atoms with Crippen molar-refractivity contribution in [3.63, 3.8) is 0 Å². The molecule has 2 N–H and O–H groups in total. The quantitative estimate of drug-likeness (QED) is 0.796. The zero-order valence-corrected chi connectivity index (χ0v) is 13.3. The number of carbonyl (C=O) groups excluding carboxylic acids is 1. The Labute approximate surface area is 136 Å². The third-order valence-corrected chi connectivity index (χ3v) is 3.32. The molecule has 23 heavy (non-hydrogen) atoms. The fraction of sp³-hybridized carbons (Fsp3) is 0.278. The molecule has 2 rings (SSSR count). The van der Waals surface area contributed by atoms with Crippen molar-refractivity contribution in [1.82, 2.24) is 0 Å². The topological polar surface area (TPSA) is 70.8 Å². The highest BCUT2D eigenvalue weighted by molar-refractivity contribution is 5.77. The summed E-state index contributed by atoms with van der Waals surface area (Å²) < 4.78 is 16.1. The fourth-order valence-corrected chi connectivity index (χ4v) is 2.10. The second-order valence-corrected chi connectivity index (χ2v) is 4.91. The van der Waals surface area contributed by atoms with E-state index >= 15 is 0 Å². The van der Waals surface area contributed by atoms with Crippen LogP contribution in [0.2, 0.25) is 0 Å². The summed E-state index contributed by atoms with van der Waals surface area (Å²) in [5.41, 5.74) is 7.54. The molecule has 0 aromatic heterocycles. The second kappa shape index (κ2) is 8.19. The zero-order valence-electron chi connectivity index (χ0n) is 13.3. The van der Waals surface area contributed by atoms with Gasteiger partial charge in [0, 0.05) is 0 Å².